The first-order valence-electron chi connectivity index (χ1n) is 6.68. The Kier molecular flexibility index (Phi) is 6.45. The highest BCUT2D eigenvalue weighted by Gasteiger charge is 2.21. The number of rotatable bonds is 8. The van der Waals surface area contributed by atoms with Crippen LogP contribution in [0.4, 0.5) is 5.69 Å². The molecule has 5 nitrogen and oxygen atoms in total. The Bertz CT molecular complexity index is 515. The molecule has 0 bridgehead atoms. The molecule has 0 saturated carbocycles. The third-order valence-electron chi connectivity index (χ3n) is 2.91. The second kappa shape index (κ2) is 7.61. The molecule has 0 aliphatic rings. The predicted molar refractivity (Wildman–Crippen MR) is 82.3 cm³/mol. The molecule has 1 aromatic rings. The van der Waals surface area contributed by atoms with E-state index in [1.165, 1.54) is 0 Å². The maximum Gasteiger partial charge on any atom is 0.236 e. The van der Waals surface area contributed by atoms with Crippen LogP contribution in [0.5, 0.6) is 0 Å². The molecule has 1 rings (SSSR count). The van der Waals surface area contributed by atoms with Crippen LogP contribution in [0.25, 0.3) is 0 Å². The number of hydrogen-bond acceptors (Lipinski definition) is 4. The molecule has 0 heterocycles. The first-order valence-corrected chi connectivity index (χ1v) is 8.23. The highest BCUT2D eigenvalue weighted by Crippen LogP contribution is 2.18. The van der Waals surface area contributed by atoms with Gasteiger partial charge in [0.05, 0.1) is 17.5 Å². The van der Waals surface area contributed by atoms with E-state index < -0.39 is 15.3 Å². The van der Waals surface area contributed by atoms with Crippen LogP contribution in [0.3, 0.4) is 0 Å². The molecule has 1 atom stereocenters. The molecular weight excluding hydrogens is 276 g/mol. The van der Waals surface area contributed by atoms with Crippen LogP contribution >= 0.6 is 0 Å². The van der Waals surface area contributed by atoms with Crippen molar-refractivity contribution >= 4 is 15.7 Å². The van der Waals surface area contributed by atoms with Gasteiger partial charge in [0.15, 0.2) is 0 Å². The fourth-order valence-electron chi connectivity index (χ4n) is 1.67. The van der Waals surface area contributed by atoms with Crippen molar-refractivity contribution in [1.82, 2.24) is 5.32 Å². The third-order valence-corrected chi connectivity index (χ3v) is 4.64. The van der Waals surface area contributed by atoms with Gasteiger partial charge in [0.1, 0.15) is 0 Å². The molecule has 0 fully saturated rings. The van der Waals surface area contributed by atoms with Crippen LogP contribution in [0.15, 0.2) is 24.3 Å². The van der Waals surface area contributed by atoms with Gasteiger partial charge in [-0.2, -0.15) is 0 Å². The lowest BCUT2D eigenvalue weighted by Crippen LogP contribution is -2.37. The van der Waals surface area contributed by atoms with E-state index in [1.807, 2.05) is 26.0 Å². The van der Waals surface area contributed by atoms with Gasteiger partial charge in [0.25, 0.3) is 0 Å². The number of sulfonamides is 1. The van der Waals surface area contributed by atoms with Gasteiger partial charge >= 0.3 is 0 Å². The van der Waals surface area contributed by atoms with Gasteiger partial charge in [0.2, 0.25) is 10.0 Å². The molecule has 6 heteroatoms. The Balaban J connectivity index is 2.80. The molecule has 0 spiro atoms. The average molecular weight is 300 g/mol. The lowest BCUT2D eigenvalue weighted by Gasteiger charge is -2.18. The van der Waals surface area contributed by atoms with Crippen LogP contribution in [0.1, 0.15) is 26.3 Å². The molecule has 0 saturated heterocycles. The zero-order valence-corrected chi connectivity index (χ0v) is 13.3. The summed E-state index contributed by atoms with van der Waals surface area (Å²) in [6.07, 6.45) is 0. The maximum absolute atomic E-state index is 12.3. The summed E-state index contributed by atoms with van der Waals surface area (Å²) < 4.78 is 32.3. The van der Waals surface area contributed by atoms with Gasteiger partial charge in [-0.1, -0.05) is 32.0 Å². The number of nitrogens with one attached hydrogen (secondary N) is 2. The zero-order chi connectivity index (χ0) is 15.2. The normalized spacial score (nSPS) is 13.4. The molecule has 0 amide bonds. The first-order chi connectivity index (χ1) is 9.36. The Labute approximate surface area is 121 Å². The number of hydrogen-bond donors (Lipinski definition) is 2. The van der Waals surface area contributed by atoms with Crippen LogP contribution < -0.4 is 10.0 Å². The fourth-order valence-corrected chi connectivity index (χ4v) is 2.69. The minimum atomic E-state index is -3.42. The Hall–Kier alpha value is -1.11. The zero-order valence-electron chi connectivity index (χ0n) is 12.5. The molecule has 20 heavy (non-hydrogen) atoms. The summed E-state index contributed by atoms with van der Waals surface area (Å²) in [6, 6.07) is 7.50. The highest BCUT2D eigenvalue weighted by atomic mass is 32.2. The summed E-state index contributed by atoms with van der Waals surface area (Å²) in [5, 5.41) is 2.62. The van der Waals surface area contributed by atoms with Crippen molar-refractivity contribution in [2.45, 2.75) is 38.7 Å². The molecule has 0 aliphatic carbocycles. The predicted octanol–water partition coefficient (Wildman–Crippen LogP) is 1.96. The van der Waals surface area contributed by atoms with Crippen molar-refractivity contribution < 1.29 is 13.2 Å². The van der Waals surface area contributed by atoms with E-state index in [2.05, 4.69) is 10.0 Å². The topological polar surface area (TPSA) is 67.4 Å². The molecule has 114 valence electrons. The van der Waals surface area contributed by atoms with Crippen molar-refractivity contribution in [3.05, 3.63) is 29.8 Å². The van der Waals surface area contributed by atoms with E-state index in [-0.39, 0.29) is 6.04 Å². The second-order valence-corrected chi connectivity index (χ2v) is 7.21. The van der Waals surface area contributed by atoms with Crippen molar-refractivity contribution in [3.8, 4) is 0 Å². The molecule has 1 unspecified atom stereocenters. The second-order valence-electron chi connectivity index (χ2n) is 5.11. The van der Waals surface area contributed by atoms with E-state index in [9.17, 15) is 8.42 Å². The van der Waals surface area contributed by atoms with Gasteiger partial charge in [-0.05, 0) is 13.0 Å². The quantitative estimate of drug-likeness (QED) is 0.770. The van der Waals surface area contributed by atoms with Gasteiger partial charge in [-0.25, -0.2) is 8.42 Å². The summed E-state index contributed by atoms with van der Waals surface area (Å²) in [5.74, 6) is 0. The van der Waals surface area contributed by atoms with E-state index in [1.54, 1.807) is 26.2 Å². The standard InChI is InChI=1S/C14H24N2O3S/c1-11(2)15-9-12(3)20(17,18)16-14-8-6-5-7-13(14)10-19-4/h5-8,11-12,15-16H,9-10H2,1-4H3. The molecule has 0 radical (unpaired) electrons. The monoisotopic (exact) mass is 300 g/mol. The summed E-state index contributed by atoms with van der Waals surface area (Å²) in [7, 11) is -1.83. The third kappa shape index (κ3) is 5.11. The van der Waals surface area contributed by atoms with Gasteiger partial charge in [-0.15, -0.1) is 0 Å². The molecule has 2 N–H and O–H groups in total. The number of benzene rings is 1. The highest BCUT2D eigenvalue weighted by molar-refractivity contribution is 7.93. The maximum atomic E-state index is 12.3. The smallest absolute Gasteiger partial charge is 0.236 e. The van der Waals surface area contributed by atoms with Crippen LogP contribution in [0, 0.1) is 0 Å². The number of anilines is 1. The van der Waals surface area contributed by atoms with E-state index in [4.69, 9.17) is 4.74 Å². The number of ether oxygens (including phenoxy) is 1. The molecular formula is C14H24N2O3S. The van der Waals surface area contributed by atoms with Crippen molar-refractivity contribution in [2.75, 3.05) is 18.4 Å². The van der Waals surface area contributed by atoms with Crippen molar-refractivity contribution in [3.63, 3.8) is 0 Å². The Morgan fingerprint density at radius 3 is 2.45 bits per heavy atom. The van der Waals surface area contributed by atoms with E-state index in [0.717, 1.165) is 5.56 Å². The van der Waals surface area contributed by atoms with Crippen LogP contribution in [-0.4, -0.2) is 33.4 Å². The number of methoxy groups -OCH3 is 1. The largest absolute Gasteiger partial charge is 0.380 e. The van der Waals surface area contributed by atoms with Gasteiger partial charge in [0, 0.05) is 25.3 Å². The average Bonchev–Trinajstić information content (AvgIpc) is 2.38. The minimum Gasteiger partial charge on any atom is -0.380 e. The summed E-state index contributed by atoms with van der Waals surface area (Å²) in [5.41, 5.74) is 1.40. The van der Waals surface area contributed by atoms with E-state index >= 15 is 0 Å². The van der Waals surface area contributed by atoms with Crippen LogP contribution in [0.2, 0.25) is 0 Å². The molecule has 0 aromatic heterocycles. The van der Waals surface area contributed by atoms with Crippen molar-refractivity contribution in [2.24, 2.45) is 0 Å². The molecule has 0 aliphatic heterocycles. The lowest BCUT2D eigenvalue weighted by molar-refractivity contribution is 0.185. The minimum absolute atomic E-state index is 0.258. The van der Waals surface area contributed by atoms with Crippen molar-refractivity contribution in [1.29, 1.82) is 0 Å². The Morgan fingerprint density at radius 1 is 1.20 bits per heavy atom. The molecule has 1 aromatic carbocycles. The van der Waals surface area contributed by atoms with Gasteiger partial charge in [-0.3, -0.25) is 4.72 Å². The summed E-state index contributed by atoms with van der Waals surface area (Å²) >= 11 is 0. The summed E-state index contributed by atoms with van der Waals surface area (Å²) in [4.78, 5) is 0. The lowest BCUT2D eigenvalue weighted by atomic mass is 10.2. The summed E-state index contributed by atoms with van der Waals surface area (Å²) in [6.45, 7) is 6.45. The van der Waals surface area contributed by atoms with E-state index in [0.29, 0.717) is 18.8 Å². The fraction of sp³-hybridized carbons (Fsp3) is 0.571. The SMILES string of the molecule is COCc1ccccc1NS(=O)(=O)C(C)CNC(C)C. The number of para-hydroxylation sites is 1. The Morgan fingerprint density at radius 2 is 1.85 bits per heavy atom. The van der Waals surface area contributed by atoms with Gasteiger partial charge < -0.3 is 10.1 Å². The van der Waals surface area contributed by atoms with Crippen LogP contribution in [-0.2, 0) is 21.4 Å². The first kappa shape index (κ1) is 16.9.